The van der Waals surface area contributed by atoms with Gasteiger partial charge in [0.1, 0.15) is 0 Å². The minimum Gasteiger partial charge on any atom is -0.494 e. The van der Waals surface area contributed by atoms with Crippen molar-refractivity contribution in [1.29, 1.82) is 0 Å². The number of methoxy groups -OCH3 is 1. The Hall–Kier alpha value is -1.13. The molecule has 0 spiro atoms. The van der Waals surface area contributed by atoms with Crippen molar-refractivity contribution in [2.45, 2.75) is 25.3 Å². The first-order chi connectivity index (χ1) is 9.79. The van der Waals surface area contributed by atoms with Gasteiger partial charge in [-0.05, 0) is 36.5 Å². The van der Waals surface area contributed by atoms with Crippen molar-refractivity contribution in [3.8, 4) is 5.75 Å². The molecule has 3 rings (SSSR count). The first-order valence-electron chi connectivity index (χ1n) is 7.58. The molecule has 3 nitrogen and oxygen atoms in total. The lowest BCUT2D eigenvalue weighted by molar-refractivity contribution is 0.0834. The van der Waals surface area contributed by atoms with Gasteiger partial charge in [-0.15, -0.1) is 0 Å². The number of rotatable bonds is 4. The molecule has 20 heavy (non-hydrogen) atoms. The van der Waals surface area contributed by atoms with E-state index in [0.29, 0.717) is 17.7 Å². The second kappa shape index (κ2) is 6.10. The Morgan fingerprint density at radius 3 is 2.60 bits per heavy atom. The standard InChI is InChI=1S/C16H23FN2O/c1-20-15-6-5-13(11-14(15)17)16(12-3-2-4-12)19-9-7-18-8-10-19/h5-6,11-12,16,18H,2-4,7-10H2,1H3/t16-/m1/s1. The van der Waals surface area contributed by atoms with Gasteiger partial charge < -0.3 is 10.1 Å². The summed E-state index contributed by atoms with van der Waals surface area (Å²) in [5.74, 6) is 0.770. The van der Waals surface area contributed by atoms with E-state index in [1.165, 1.54) is 26.4 Å². The van der Waals surface area contributed by atoms with E-state index in [0.717, 1.165) is 31.7 Å². The molecule has 1 atom stereocenters. The zero-order valence-corrected chi connectivity index (χ0v) is 12.1. The zero-order valence-electron chi connectivity index (χ0n) is 12.1. The number of ether oxygens (including phenoxy) is 1. The van der Waals surface area contributed by atoms with Crippen LogP contribution in [0.25, 0.3) is 0 Å². The van der Waals surface area contributed by atoms with Crippen molar-refractivity contribution in [3.63, 3.8) is 0 Å². The minimum absolute atomic E-state index is 0.246. The van der Waals surface area contributed by atoms with Crippen molar-refractivity contribution in [2.24, 2.45) is 5.92 Å². The molecule has 0 amide bonds. The molecule has 1 saturated heterocycles. The highest BCUT2D eigenvalue weighted by atomic mass is 19.1. The van der Waals surface area contributed by atoms with E-state index in [-0.39, 0.29) is 5.82 Å². The monoisotopic (exact) mass is 278 g/mol. The van der Waals surface area contributed by atoms with Crippen molar-refractivity contribution in [3.05, 3.63) is 29.6 Å². The number of hydrogen-bond acceptors (Lipinski definition) is 3. The van der Waals surface area contributed by atoms with Crippen LogP contribution in [0.4, 0.5) is 4.39 Å². The van der Waals surface area contributed by atoms with Crippen LogP contribution in [-0.2, 0) is 0 Å². The zero-order chi connectivity index (χ0) is 13.9. The molecule has 2 aliphatic rings. The van der Waals surface area contributed by atoms with Crippen molar-refractivity contribution >= 4 is 0 Å². The number of nitrogens with one attached hydrogen (secondary N) is 1. The first kappa shape index (κ1) is 13.8. The highest BCUT2D eigenvalue weighted by Crippen LogP contribution is 2.42. The fourth-order valence-electron chi connectivity index (χ4n) is 3.36. The number of hydrogen-bond donors (Lipinski definition) is 1. The molecule has 2 fully saturated rings. The van der Waals surface area contributed by atoms with Crippen LogP contribution in [0.2, 0.25) is 0 Å². The van der Waals surface area contributed by atoms with Crippen LogP contribution < -0.4 is 10.1 Å². The van der Waals surface area contributed by atoms with Crippen LogP contribution in [0.5, 0.6) is 5.75 Å². The second-order valence-electron chi connectivity index (χ2n) is 5.82. The summed E-state index contributed by atoms with van der Waals surface area (Å²) in [6, 6.07) is 5.83. The molecule has 0 bridgehead atoms. The molecule has 0 radical (unpaired) electrons. The van der Waals surface area contributed by atoms with Gasteiger partial charge in [-0.25, -0.2) is 4.39 Å². The summed E-state index contributed by atoms with van der Waals surface area (Å²) < 4.78 is 19.0. The maximum absolute atomic E-state index is 14.0. The van der Waals surface area contributed by atoms with E-state index >= 15 is 0 Å². The van der Waals surface area contributed by atoms with Gasteiger partial charge in [-0.3, -0.25) is 4.90 Å². The van der Waals surface area contributed by atoms with E-state index in [9.17, 15) is 4.39 Å². The topological polar surface area (TPSA) is 24.5 Å². The minimum atomic E-state index is -0.246. The third-order valence-electron chi connectivity index (χ3n) is 4.66. The van der Waals surface area contributed by atoms with E-state index < -0.39 is 0 Å². The maximum Gasteiger partial charge on any atom is 0.165 e. The third-order valence-corrected chi connectivity index (χ3v) is 4.66. The summed E-state index contributed by atoms with van der Waals surface area (Å²) in [5.41, 5.74) is 1.11. The fraction of sp³-hybridized carbons (Fsp3) is 0.625. The molecule has 0 unspecified atom stereocenters. The Morgan fingerprint density at radius 2 is 2.05 bits per heavy atom. The fourth-order valence-corrected chi connectivity index (χ4v) is 3.36. The van der Waals surface area contributed by atoms with Gasteiger partial charge in [-0.1, -0.05) is 12.5 Å². The Morgan fingerprint density at radius 1 is 1.30 bits per heavy atom. The summed E-state index contributed by atoms with van der Waals surface area (Å²) >= 11 is 0. The first-order valence-corrected chi connectivity index (χ1v) is 7.58. The summed E-state index contributed by atoms with van der Waals surface area (Å²) in [7, 11) is 1.51. The lowest BCUT2D eigenvalue weighted by atomic mass is 9.76. The van der Waals surface area contributed by atoms with Crippen LogP contribution in [-0.4, -0.2) is 38.2 Å². The highest BCUT2D eigenvalue weighted by Gasteiger charge is 2.33. The summed E-state index contributed by atoms with van der Waals surface area (Å²) in [6.07, 6.45) is 3.84. The second-order valence-corrected chi connectivity index (χ2v) is 5.82. The Balaban J connectivity index is 1.85. The molecule has 1 heterocycles. The highest BCUT2D eigenvalue weighted by molar-refractivity contribution is 5.31. The van der Waals surface area contributed by atoms with Crippen LogP contribution in [0, 0.1) is 11.7 Å². The van der Waals surface area contributed by atoms with E-state index in [1.807, 2.05) is 6.07 Å². The normalized spacial score (nSPS) is 22.3. The number of nitrogens with zero attached hydrogens (tertiary/aromatic N) is 1. The Kier molecular flexibility index (Phi) is 4.22. The quantitative estimate of drug-likeness (QED) is 0.916. The number of piperazine rings is 1. The van der Waals surface area contributed by atoms with Crippen LogP contribution in [0.15, 0.2) is 18.2 Å². The largest absolute Gasteiger partial charge is 0.494 e. The van der Waals surface area contributed by atoms with Gasteiger partial charge in [0, 0.05) is 32.2 Å². The van der Waals surface area contributed by atoms with Crippen molar-refractivity contribution in [2.75, 3.05) is 33.3 Å². The molecule has 1 aliphatic carbocycles. The molecule has 4 heteroatoms. The number of halogens is 1. The van der Waals surface area contributed by atoms with Gasteiger partial charge in [-0.2, -0.15) is 0 Å². The summed E-state index contributed by atoms with van der Waals surface area (Å²) in [6.45, 7) is 4.16. The lowest BCUT2D eigenvalue weighted by Crippen LogP contribution is -2.47. The van der Waals surface area contributed by atoms with Crippen molar-refractivity contribution in [1.82, 2.24) is 10.2 Å². The summed E-state index contributed by atoms with van der Waals surface area (Å²) in [4.78, 5) is 2.52. The van der Waals surface area contributed by atoms with Crippen LogP contribution >= 0.6 is 0 Å². The van der Waals surface area contributed by atoms with Crippen molar-refractivity contribution < 1.29 is 9.13 Å². The Labute approximate surface area is 120 Å². The van der Waals surface area contributed by atoms with Gasteiger partial charge in [0.15, 0.2) is 11.6 Å². The van der Waals surface area contributed by atoms with Crippen LogP contribution in [0.1, 0.15) is 30.9 Å². The average Bonchev–Trinajstić information content (AvgIpc) is 2.43. The number of benzene rings is 1. The van der Waals surface area contributed by atoms with E-state index in [2.05, 4.69) is 10.2 Å². The molecular weight excluding hydrogens is 255 g/mol. The molecule has 1 N–H and O–H groups in total. The molecule has 1 aromatic rings. The van der Waals surface area contributed by atoms with Gasteiger partial charge >= 0.3 is 0 Å². The van der Waals surface area contributed by atoms with Crippen LogP contribution in [0.3, 0.4) is 0 Å². The summed E-state index contributed by atoms with van der Waals surface area (Å²) in [5, 5.41) is 3.39. The Bertz CT molecular complexity index is 456. The van der Waals surface area contributed by atoms with Gasteiger partial charge in [0.25, 0.3) is 0 Å². The predicted molar refractivity (Wildman–Crippen MR) is 77.5 cm³/mol. The molecule has 110 valence electrons. The molecule has 1 aromatic carbocycles. The molecule has 0 aromatic heterocycles. The predicted octanol–water partition coefficient (Wildman–Crippen LogP) is 2.58. The molecule has 1 aliphatic heterocycles. The smallest absolute Gasteiger partial charge is 0.165 e. The molecule has 1 saturated carbocycles. The average molecular weight is 278 g/mol. The van der Waals surface area contributed by atoms with E-state index in [1.54, 1.807) is 12.1 Å². The van der Waals surface area contributed by atoms with Gasteiger partial charge in [0.05, 0.1) is 7.11 Å². The lowest BCUT2D eigenvalue weighted by Gasteiger charge is -2.43. The van der Waals surface area contributed by atoms with Gasteiger partial charge in [0.2, 0.25) is 0 Å². The SMILES string of the molecule is COc1ccc([C@@H](C2CCC2)N2CCNCC2)cc1F. The molecular formula is C16H23FN2O. The third kappa shape index (κ3) is 2.67. The maximum atomic E-state index is 14.0. The van der Waals surface area contributed by atoms with E-state index in [4.69, 9.17) is 4.74 Å².